The first kappa shape index (κ1) is 14.7. The first-order valence-corrected chi connectivity index (χ1v) is 7.46. The van der Waals surface area contributed by atoms with Gasteiger partial charge >= 0.3 is 0 Å². The molecule has 5 nitrogen and oxygen atoms in total. The van der Waals surface area contributed by atoms with Gasteiger partial charge in [0.1, 0.15) is 13.1 Å². The summed E-state index contributed by atoms with van der Waals surface area (Å²) in [6, 6.07) is 9.94. The predicted molar refractivity (Wildman–Crippen MR) is 86.5 cm³/mol. The zero-order valence-corrected chi connectivity index (χ0v) is 12.9. The molecule has 1 atom stereocenters. The van der Waals surface area contributed by atoms with Gasteiger partial charge in [-0.25, -0.2) is 0 Å². The molecule has 0 N–H and O–H groups in total. The molecule has 0 fully saturated rings. The van der Waals surface area contributed by atoms with Crippen molar-refractivity contribution in [3.05, 3.63) is 65.3 Å². The van der Waals surface area contributed by atoms with Crippen LogP contribution in [0.3, 0.4) is 0 Å². The molecule has 0 aliphatic carbocycles. The highest BCUT2D eigenvalue weighted by Gasteiger charge is 2.17. The second-order valence-electron chi connectivity index (χ2n) is 5.71. The molecular weight excluding hydrogens is 276 g/mol. The molecule has 1 aromatic carbocycles. The maximum absolute atomic E-state index is 13.0. The predicted octanol–water partition coefficient (Wildman–Crippen LogP) is 3.00. The van der Waals surface area contributed by atoms with Crippen molar-refractivity contribution in [2.24, 2.45) is 7.05 Å². The summed E-state index contributed by atoms with van der Waals surface area (Å²) < 4.78 is 1.56. The molecular formula is C17H20N4O. The highest BCUT2D eigenvalue weighted by atomic mass is 16.5. The fourth-order valence-corrected chi connectivity index (χ4v) is 2.75. The molecule has 0 amide bonds. The van der Waals surface area contributed by atoms with Crippen molar-refractivity contribution in [3.8, 4) is 0 Å². The summed E-state index contributed by atoms with van der Waals surface area (Å²) in [6.07, 6.45) is 5.33. The van der Waals surface area contributed by atoms with E-state index in [1.165, 1.54) is 0 Å². The number of hydrogen-bond donors (Lipinski definition) is 0. The molecule has 0 bridgehead atoms. The van der Waals surface area contributed by atoms with Gasteiger partial charge in [0.05, 0.1) is 18.3 Å². The summed E-state index contributed by atoms with van der Waals surface area (Å²) >= 11 is 0. The van der Waals surface area contributed by atoms with E-state index in [2.05, 4.69) is 16.1 Å². The number of pyridine rings is 1. The van der Waals surface area contributed by atoms with Gasteiger partial charge < -0.3 is 9.85 Å². The standard InChI is InChI=1S/C17H20N4O/c1-3-21(22,13-15-5-4-8-18-10-15)12-14-6-7-17-16(9-14)11-19-20(17)2/h4-11H,3,12-13H2,1-2H3. The van der Waals surface area contributed by atoms with Crippen LogP contribution in [0.15, 0.2) is 48.9 Å². The van der Waals surface area contributed by atoms with Crippen LogP contribution in [0.5, 0.6) is 0 Å². The van der Waals surface area contributed by atoms with Crippen LogP contribution in [-0.2, 0) is 20.1 Å². The number of aryl methyl sites for hydroxylation is 1. The molecule has 3 rings (SSSR count). The Morgan fingerprint density at radius 1 is 1.14 bits per heavy atom. The fourth-order valence-electron chi connectivity index (χ4n) is 2.75. The lowest BCUT2D eigenvalue weighted by atomic mass is 10.1. The van der Waals surface area contributed by atoms with Crippen molar-refractivity contribution in [1.82, 2.24) is 14.8 Å². The second-order valence-corrected chi connectivity index (χ2v) is 5.71. The molecule has 0 radical (unpaired) electrons. The summed E-state index contributed by atoms with van der Waals surface area (Å²) in [5.41, 5.74) is 3.10. The molecule has 114 valence electrons. The quantitative estimate of drug-likeness (QED) is 0.537. The molecule has 0 aliphatic rings. The van der Waals surface area contributed by atoms with Crippen molar-refractivity contribution < 1.29 is 4.65 Å². The van der Waals surface area contributed by atoms with Crippen molar-refractivity contribution in [2.45, 2.75) is 20.0 Å². The molecule has 1 unspecified atom stereocenters. The topological polar surface area (TPSA) is 53.8 Å². The van der Waals surface area contributed by atoms with Crippen LogP contribution in [0.2, 0.25) is 0 Å². The monoisotopic (exact) mass is 296 g/mol. The average Bonchev–Trinajstić information content (AvgIpc) is 2.89. The molecule has 0 saturated heterocycles. The van der Waals surface area contributed by atoms with E-state index in [4.69, 9.17) is 0 Å². The zero-order valence-electron chi connectivity index (χ0n) is 12.9. The Balaban J connectivity index is 1.83. The smallest absolute Gasteiger partial charge is 0.106 e. The number of fused-ring (bicyclic) bond motifs is 1. The molecule has 0 spiro atoms. The summed E-state index contributed by atoms with van der Waals surface area (Å²) in [6.45, 7) is 3.36. The van der Waals surface area contributed by atoms with Crippen LogP contribution in [0, 0.1) is 5.21 Å². The maximum atomic E-state index is 13.0. The SMILES string of the molecule is CC[N+]([O-])(Cc1cccnc1)Cc1ccc2c(cnn2C)c1. The number of nitrogens with zero attached hydrogens (tertiary/aromatic N) is 4. The lowest BCUT2D eigenvalue weighted by molar-refractivity contribution is -0.905. The molecule has 5 heteroatoms. The summed E-state index contributed by atoms with van der Waals surface area (Å²) in [5.74, 6) is 0. The van der Waals surface area contributed by atoms with Gasteiger partial charge in [-0.05, 0) is 25.1 Å². The van der Waals surface area contributed by atoms with Crippen molar-refractivity contribution >= 4 is 10.9 Å². The van der Waals surface area contributed by atoms with Gasteiger partial charge in [-0.1, -0.05) is 12.1 Å². The van der Waals surface area contributed by atoms with Gasteiger partial charge in [-0.2, -0.15) is 5.10 Å². The van der Waals surface area contributed by atoms with Gasteiger partial charge in [0.2, 0.25) is 0 Å². The normalized spacial score (nSPS) is 14.1. The number of rotatable bonds is 5. The molecule has 3 aromatic rings. The van der Waals surface area contributed by atoms with Crippen LogP contribution < -0.4 is 0 Å². The van der Waals surface area contributed by atoms with Gasteiger partial charge in [0, 0.05) is 36.0 Å². The Kier molecular flexibility index (Phi) is 3.92. The molecule has 0 saturated carbocycles. The van der Waals surface area contributed by atoms with E-state index in [1.54, 1.807) is 12.4 Å². The Morgan fingerprint density at radius 2 is 1.95 bits per heavy atom. The minimum atomic E-state index is -0.280. The number of aromatic nitrogens is 3. The van der Waals surface area contributed by atoms with E-state index in [9.17, 15) is 5.21 Å². The lowest BCUT2D eigenvalue weighted by Crippen LogP contribution is -2.40. The molecule has 2 heterocycles. The van der Waals surface area contributed by atoms with Gasteiger partial charge in [0.25, 0.3) is 0 Å². The highest BCUT2D eigenvalue weighted by Crippen LogP contribution is 2.21. The third kappa shape index (κ3) is 3.00. The summed E-state index contributed by atoms with van der Waals surface area (Å²) in [5, 5.41) is 18.4. The minimum Gasteiger partial charge on any atom is -0.632 e. The second kappa shape index (κ2) is 5.87. The minimum absolute atomic E-state index is 0.280. The lowest BCUT2D eigenvalue weighted by Gasteiger charge is -2.42. The number of quaternary nitrogens is 1. The van der Waals surface area contributed by atoms with Crippen LogP contribution in [0.4, 0.5) is 0 Å². The first-order valence-electron chi connectivity index (χ1n) is 7.46. The Labute approximate surface area is 130 Å². The zero-order chi connectivity index (χ0) is 15.6. The van der Waals surface area contributed by atoms with E-state index >= 15 is 0 Å². The van der Waals surface area contributed by atoms with Crippen molar-refractivity contribution in [1.29, 1.82) is 0 Å². The average molecular weight is 296 g/mol. The van der Waals surface area contributed by atoms with E-state index in [0.29, 0.717) is 19.6 Å². The molecule has 22 heavy (non-hydrogen) atoms. The van der Waals surface area contributed by atoms with E-state index in [-0.39, 0.29) is 4.65 Å². The van der Waals surface area contributed by atoms with E-state index < -0.39 is 0 Å². The number of hydroxylamine groups is 3. The Hall–Kier alpha value is -2.24. The summed E-state index contributed by atoms with van der Waals surface area (Å²) in [4.78, 5) is 4.09. The largest absolute Gasteiger partial charge is 0.632 e. The van der Waals surface area contributed by atoms with Crippen LogP contribution >= 0.6 is 0 Å². The van der Waals surface area contributed by atoms with E-state index in [0.717, 1.165) is 22.0 Å². The summed E-state index contributed by atoms with van der Waals surface area (Å²) in [7, 11) is 1.92. The maximum Gasteiger partial charge on any atom is 0.106 e. The first-order chi connectivity index (χ1) is 10.6. The van der Waals surface area contributed by atoms with Gasteiger partial charge in [0.15, 0.2) is 0 Å². The third-order valence-electron chi connectivity index (χ3n) is 4.05. The number of benzene rings is 1. The van der Waals surface area contributed by atoms with Crippen molar-refractivity contribution in [3.63, 3.8) is 0 Å². The molecule has 2 aromatic heterocycles. The molecule has 0 aliphatic heterocycles. The third-order valence-corrected chi connectivity index (χ3v) is 4.05. The van der Waals surface area contributed by atoms with E-state index in [1.807, 2.05) is 49.1 Å². The van der Waals surface area contributed by atoms with Crippen LogP contribution in [0.1, 0.15) is 18.1 Å². The van der Waals surface area contributed by atoms with Crippen molar-refractivity contribution in [2.75, 3.05) is 6.54 Å². The van der Waals surface area contributed by atoms with Gasteiger partial charge in [-0.15, -0.1) is 0 Å². The number of hydrogen-bond acceptors (Lipinski definition) is 3. The van der Waals surface area contributed by atoms with Crippen LogP contribution in [0.25, 0.3) is 10.9 Å². The fraction of sp³-hybridized carbons (Fsp3) is 0.294. The van der Waals surface area contributed by atoms with Gasteiger partial charge in [-0.3, -0.25) is 9.67 Å². The highest BCUT2D eigenvalue weighted by molar-refractivity contribution is 5.79. The Bertz CT molecular complexity index is 769. The Morgan fingerprint density at radius 3 is 2.68 bits per heavy atom. The van der Waals surface area contributed by atoms with Crippen LogP contribution in [-0.4, -0.2) is 26.0 Å².